The molecule has 4 aliphatic rings. The topological polar surface area (TPSA) is 63.6 Å². The minimum absolute atomic E-state index is 0.155. The zero-order valence-corrected chi connectivity index (χ0v) is 22.3. The molecule has 188 valence electrons. The highest BCUT2D eigenvalue weighted by Gasteiger charge is 2.59. The second-order valence-electron chi connectivity index (χ2n) is 12.7. The third-order valence-corrected chi connectivity index (χ3v) is 11.3. The van der Waals surface area contributed by atoms with Crippen molar-refractivity contribution in [2.24, 2.45) is 46.3 Å². The molecule has 8 atom stereocenters. The molecular formula is C28H46O4S. The van der Waals surface area contributed by atoms with E-state index in [-0.39, 0.29) is 5.41 Å². The molecule has 4 rings (SSSR count). The van der Waals surface area contributed by atoms with E-state index in [0.29, 0.717) is 30.1 Å². The predicted molar refractivity (Wildman–Crippen MR) is 134 cm³/mol. The van der Waals surface area contributed by atoms with Crippen LogP contribution in [0.25, 0.3) is 0 Å². The number of rotatable bonds is 7. The summed E-state index contributed by atoms with van der Waals surface area (Å²) < 4.78 is 36.6. The van der Waals surface area contributed by atoms with Crippen molar-refractivity contribution in [3.63, 3.8) is 0 Å². The average molecular weight is 479 g/mol. The Kier molecular flexibility index (Phi) is 7.01. The molecule has 33 heavy (non-hydrogen) atoms. The Balaban J connectivity index is 1.47. The fourth-order valence-electron chi connectivity index (χ4n) is 8.76. The molecule has 0 aliphatic heterocycles. The van der Waals surface area contributed by atoms with E-state index < -0.39 is 16.5 Å². The maximum absolute atomic E-state index is 11.2. The van der Waals surface area contributed by atoms with E-state index >= 15 is 0 Å². The number of fused-ring (bicyclic) bond motifs is 5. The van der Waals surface area contributed by atoms with Gasteiger partial charge in [-0.1, -0.05) is 58.4 Å². The first-order valence-corrected chi connectivity index (χ1v) is 14.7. The van der Waals surface area contributed by atoms with Crippen LogP contribution in [0.5, 0.6) is 0 Å². The Morgan fingerprint density at radius 2 is 1.88 bits per heavy atom. The van der Waals surface area contributed by atoms with Gasteiger partial charge in [-0.25, -0.2) is 4.18 Å². The van der Waals surface area contributed by atoms with Crippen LogP contribution in [0.4, 0.5) is 0 Å². The van der Waals surface area contributed by atoms with Gasteiger partial charge in [-0.05, 0) is 111 Å². The van der Waals surface area contributed by atoms with Crippen molar-refractivity contribution >= 4 is 10.4 Å². The minimum Gasteiger partial charge on any atom is -0.264 e. The first kappa shape index (κ1) is 25.4. The van der Waals surface area contributed by atoms with Gasteiger partial charge in [-0.3, -0.25) is 4.55 Å². The summed E-state index contributed by atoms with van der Waals surface area (Å²) in [5.41, 5.74) is 3.38. The lowest BCUT2D eigenvalue weighted by Gasteiger charge is -2.58. The Morgan fingerprint density at radius 3 is 2.55 bits per heavy atom. The van der Waals surface area contributed by atoms with E-state index in [1.165, 1.54) is 49.7 Å². The van der Waals surface area contributed by atoms with Crippen LogP contribution in [0, 0.1) is 46.3 Å². The minimum atomic E-state index is -4.39. The maximum atomic E-state index is 11.2. The van der Waals surface area contributed by atoms with Crippen LogP contribution < -0.4 is 0 Å². The van der Waals surface area contributed by atoms with E-state index in [9.17, 15) is 8.42 Å². The lowest BCUT2D eigenvalue weighted by molar-refractivity contribution is -0.0559. The van der Waals surface area contributed by atoms with Crippen LogP contribution in [0.3, 0.4) is 0 Å². The van der Waals surface area contributed by atoms with E-state index in [1.54, 1.807) is 0 Å². The summed E-state index contributed by atoms with van der Waals surface area (Å²) >= 11 is 0. The standard InChI is InChI=1S/C28H46O4S/c1-18(2)19(3)7-8-20(4)24-11-12-25-23-10-9-21-17-22(32-33(29,30)31)13-15-27(21,5)26(23)14-16-28(24,25)6/h9,18,20,22-26H,3,7-8,10-17H2,1-2,4-6H3,(H,29,30,31)/t20?,22-,23-,24+,25-,26-,27-,28+/m0/s1. The molecule has 0 aromatic rings. The van der Waals surface area contributed by atoms with Crippen LogP contribution in [-0.2, 0) is 14.6 Å². The third-order valence-electron chi connectivity index (χ3n) is 10.8. The molecule has 1 unspecified atom stereocenters. The molecule has 0 spiro atoms. The first-order valence-electron chi connectivity index (χ1n) is 13.4. The summed E-state index contributed by atoms with van der Waals surface area (Å²) in [5.74, 6) is 4.40. The van der Waals surface area contributed by atoms with Gasteiger partial charge in [-0.15, -0.1) is 0 Å². The van der Waals surface area contributed by atoms with Crippen molar-refractivity contribution in [3.05, 3.63) is 23.8 Å². The fourth-order valence-corrected chi connectivity index (χ4v) is 9.27. The van der Waals surface area contributed by atoms with Crippen LogP contribution in [0.15, 0.2) is 23.8 Å². The van der Waals surface area contributed by atoms with Crippen molar-refractivity contribution < 1.29 is 17.2 Å². The summed E-state index contributed by atoms with van der Waals surface area (Å²) in [6, 6.07) is 0. The number of hydrogen-bond donors (Lipinski definition) is 1. The van der Waals surface area contributed by atoms with Crippen molar-refractivity contribution in [1.29, 1.82) is 0 Å². The van der Waals surface area contributed by atoms with Gasteiger partial charge in [0.25, 0.3) is 0 Å². The largest absolute Gasteiger partial charge is 0.397 e. The molecule has 1 N–H and O–H groups in total. The molecule has 0 amide bonds. The molecule has 0 aromatic heterocycles. The molecule has 3 fully saturated rings. The van der Waals surface area contributed by atoms with Gasteiger partial charge in [0.15, 0.2) is 0 Å². The second kappa shape index (κ2) is 9.09. The fraction of sp³-hybridized carbons (Fsp3) is 0.857. The molecule has 0 saturated heterocycles. The quantitative estimate of drug-likeness (QED) is 0.306. The average Bonchev–Trinajstić information content (AvgIpc) is 3.08. The molecule has 5 heteroatoms. The van der Waals surface area contributed by atoms with Crippen molar-refractivity contribution in [3.8, 4) is 0 Å². The van der Waals surface area contributed by atoms with Gasteiger partial charge in [0.05, 0.1) is 6.10 Å². The van der Waals surface area contributed by atoms with E-state index in [2.05, 4.69) is 47.3 Å². The van der Waals surface area contributed by atoms with Gasteiger partial charge >= 0.3 is 10.4 Å². The summed E-state index contributed by atoms with van der Waals surface area (Å²) in [4.78, 5) is 0. The Labute approximate surface area is 202 Å². The van der Waals surface area contributed by atoms with Gasteiger partial charge in [-0.2, -0.15) is 8.42 Å². The highest BCUT2D eigenvalue weighted by atomic mass is 32.3. The van der Waals surface area contributed by atoms with Crippen molar-refractivity contribution in [1.82, 2.24) is 0 Å². The summed E-state index contributed by atoms with van der Waals surface area (Å²) in [6.45, 7) is 16.4. The van der Waals surface area contributed by atoms with E-state index in [4.69, 9.17) is 8.74 Å². The predicted octanol–water partition coefficient (Wildman–Crippen LogP) is 7.38. The molecule has 0 heterocycles. The van der Waals surface area contributed by atoms with E-state index in [1.807, 2.05) is 0 Å². The van der Waals surface area contributed by atoms with Crippen molar-refractivity contribution in [2.75, 3.05) is 0 Å². The normalized spacial score (nSPS) is 41.7. The van der Waals surface area contributed by atoms with Gasteiger partial charge in [0.2, 0.25) is 0 Å². The Hall–Kier alpha value is -0.650. The molecule has 4 nitrogen and oxygen atoms in total. The first-order chi connectivity index (χ1) is 15.3. The molecule has 0 radical (unpaired) electrons. The van der Waals surface area contributed by atoms with Crippen LogP contribution in [0.2, 0.25) is 0 Å². The highest BCUT2D eigenvalue weighted by Crippen LogP contribution is 2.67. The lowest BCUT2D eigenvalue weighted by atomic mass is 9.47. The van der Waals surface area contributed by atoms with Gasteiger partial charge < -0.3 is 0 Å². The van der Waals surface area contributed by atoms with Crippen molar-refractivity contribution in [2.45, 2.75) is 105 Å². The highest BCUT2D eigenvalue weighted by molar-refractivity contribution is 7.80. The van der Waals surface area contributed by atoms with E-state index in [0.717, 1.165) is 36.5 Å². The maximum Gasteiger partial charge on any atom is 0.397 e. The Bertz CT molecular complexity index is 890. The molecule has 3 saturated carbocycles. The van der Waals surface area contributed by atoms with Crippen LogP contribution >= 0.6 is 0 Å². The second-order valence-corrected chi connectivity index (χ2v) is 13.8. The zero-order valence-electron chi connectivity index (χ0n) is 21.5. The Morgan fingerprint density at radius 1 is 1.15 bits per heavy atom. The molecular weight excluding hydrogens is 432 g/mol. The third kappa shape index (κ3) is 4.76. The summed E-state index contributed by atoms with van der Waals surface area (Å²) in [5, 5.41) is 0. The molecule has 0 bridgehead atoms. The molecule has 0 aromatic carbocycles. The number of hydrogen-bond acceptors (Lipinski definition) is 3. The van der Waals surface area contributed by atoms with Gasteiger partial charge in [0.1, 0.15) is 0 Å². The van der Waals surface area contributed by atoms with Crippen LogP contribution in [0.1, 0.15) is 98.8 Å². The monoisotopic (exact) mass is 478 g/mol. The summed E-state index contributed by atoms with van der Waals surface area (Å²) in [7, 11) is -4.39. The molecule has 4 aliphatic carbocycles. The summed E-state index contributed by atoms with van der Waals surface area (Å²) in [6.07, 6.45) is 13.2. The number of allylic oxidation sites excluding steroid dienone is 2. The smallest absolute Gasteiger partial charge is 0.264 e. The van der Waals surface area contributed by atoms with Crippen LogP contribution in [-0.4, -0.2) is 19.1 Å². The zero-order chi connectivity index (χ0) is 24.2. The van der Waals surface area contributed by atoms with Gasteiger partial charge in [0, 0.05) is 0 Å². The lowest BCUT2D eigenvalue weighted by Crippen LogP contribution is -2.51. The SMILES string of the molecule is C=C(CCC(C)[C@H]1CC[C@H]2[C@@H]3CC=C4C[C@@H](OS(=O)(=O)O)CC[C@]4(C)[C@H]3CC[C@]12C)C(C)C.